The molecular formula is C20H15N5O5. The Labute approximate surface area is 167 Å². The van der Waals surface area contributed by atoms with E-state index in [1.165, 1.54) is 7.05 Å². The van der Waals surface area contributed by atoms with Crippen molar-refractivity contribution in [3.05, 3.63) is 102 Å². The molecule has 0 aliphatic rings. The fraction of sp³-hybridized carbons (Fsp3) is 0.0500. The summed E-state index contributed by atoms with van der Waals surface area (Å²) in [7, 11) is 1.25. The molecular weight excluding hydrogens is 390 g/mol. The van der Waals surface area contributed by atoms with Gasteiger partial charge >= 0.3 is 16.9 Å². The lowest BCUT2D eigenvalue weighted by Gasteiger charge is -2.17. The Morgan fingerprint density at radius 3 is 1.83 bits per heavy atom. The molecule has 4 aromatic rings. The molecule has 10 nitrogen and oxygen atoms in total. The van der Waals surface area contributed by atoms with E-state index in [1.807, 2.05) is 0 Å². The average Bonchev–Trinajstić information content (AvgIpc) is 2.73. The maximum atomic E-state index is 13.4. The first-order valence-electron chi connectivity index (χ1n) is 8.80. The molecule has 2 aromatic carbocycles. The van der Waals surface area contributed by atoms with Gasteiger partial charge in [0.2, 0.25) is 0 Å². The van der Waals surface area contributed by atoms with Crippen LogP contribution in [-0.4, -0.2) is 18.6 Å². The van der Waals surface area contributed by atoms with Gasteiger partial charge in [0.25, 0.3) is 5.56 Å². The number of pyridine rings is 1. The molecule has 150 valence electrons. The van der Waals surface area contributed by atoms with Crippen molar-refractivity contribution in [3.8, 4) is 11.4 Å². The van der Waals surface area contributed by atoms with Crippen LogP contribution in [0.3, 0.4) is 0 Å². The topological polar surface area (TPSA) is 135 Å². The molecule has 0 radical (unpaired) electrons. The maximum Gasteiger partial charge on any atom is 0.357 e. The van der Waals surface area contributed by atoms with Crippen LogP contribution in [0.25, 0.3) is 22.4 Å². The van der Waals surface area contributed by atoms with E-state index in [9.17, 15) is 24.5 Å². The lowest BCUT2D eigenvalue weighted by atomic mass is 10.2. The van der Waals surface area contributed by atoms with Crippen LogP contribution in [-0.2, 0) is 7.05 Å². The number of nitrogens with two attached hydrogens (primary N) is 1. The zero-order valence-corrected chi connectivity index (χ0v) is 15.7. The van der Waals surface area contributed by atoms with Crippen LogP contribution in [0.4, 0.5) is 11.4 Å². The average molecular weight is 405 g/mol. The highest BCUT2D eigenvalue weighted by Crippen LogP contribution is 2.25. The van der Waals surface area contributed by atoms with E-state index in [0.717, 1.165) is 13.7 Å². The molecule has 0 saturated carbocycles. The highest BCUT2D eigenvalue weighted by molar-refractivity contribution is 5.93. The smallest absolute Gasteiger partial charge is 0.357 e. The van der Waals surface area contributed by atoms with Crippen molar-refractivity contribution in [2.24, 2.45) is 7.05 Å². The van der Waals surface area contributed by atoms with Gasteiger partial charge in [-0.1, -0.05) is 36.4 Å². The minimum Gasteiger partial charge on any atom is -0.392 e. The fourth-order valence-corrected chi connectivity index (χ4v) is 3.43. The molecule has 0 aliphatic heterocycles. The van der Waals surface area contributed by atoms with Gasteiger partial charge in [0, 0.05) is 7.05 Å². The molecule has 2 N–H and O–H groups in total. The zero-order chi connectivity index (χ0) is 21.6. The Hall–Kier alpha value is -4.47. The summed E-state index contributed by atoms with van der Waals surface area (Å²) in [5.41, 5.74) is 2.32. The number of benzene rings is 2. The van der Waals surface area contributed by atoms with Gasteiger partial charge in [0.1, 0.15) is 16.7 Å². The van der Waals surface area contributed by atoms with Crippen molar-refractivity contribution in [1.29, 1.82) is 0 Å². The summed E-state index contributed by atoms with van der Waals surface area (Å²) in [6, 6.07) is 16.4. The van der Waals surface area contributed by atoms with Crippen molar-refractivity contribution < 1.29 is 4.92 Å². The molecule has 10 heteroatoms. The van der Waals surface area contributed by atoms with Crippen molar-refractivity contribution in [3.63, 3.8) is 0 Å². The van der Waals surface area contributed by atoms with E-state index >= 15 is 0 Å². The number of aryl methyl sites for hydroxylation is 1. The Balaban J connectivity index is 2.37. The van der Waals surface area contributed by atoms with Gasteiger partial charge in [-0.2, -0.15) is 0 Å². The normalized spacial score (nSPS) is 11.0. The summed E-state index contributed by atoms with van der Waals surface area (Å²) >= 11 is 0. The summed E-state index contributed by atoms with van der Waals surface area (Å²) in [6.45, 7) is 0. The third-order valence-electron chi connectivity index (χ3n) is 4.80. The van der Waals surface area contributed by atoms with E-state index in [4.69, 9.17) is 5.73 Å². The summed E-state index contributed by atoms with van der Waals surface area (Å²) in [6.07, 6.45) is 0. The van der Waals surface area contributed by atoms with Crippen LogP contribution >= 0.6 is 0 Å². The van der Waals surface area contributed by atoms with Gasteiger partial charge in [0.15, 0.2) is 0 Å². The molecule has 0 bridgehead atoms. The Morgan fingerprint density at radius 2 is 1.33 bits per heavy atom. The highest BCUT2D eigenvalue weighted by Gasteiger charge is 2.28. The SMILES string of the molecule is Cn1c(=O)c([N+](=O)[O-])c(N)c2c(=O)n(-c3ccccc3)c(=O)n(-c3ccccc3)c21. The zero-order valence-electron chi connectivity index (χ0n) is 15.7. The summed E-state index contributed by atoms with van der Waals surface area (Å²) < 4.78 is 2.92. The monoisotopic (exact) mass is 405 g/mol. The molecule has 0 spiro atoms. The van der Waals surface area contributed by atoms with E-state index in [1.54, 1.807) is 60.7 Å². The van der Waals surface area contributed by atoms with Gasteiger partial charge in [-0.05, 0) is 24.3 Å². The van der Waals surface area contributed by atoms with E-state index < -0.39 is 33.1 Å². The van der Waals surface area contributed by atoms with Crippen LogP contribution in [0.1, 0.15) is 0 Å². The van der Waals surface area contributed by atoms with Gasteiger partial charge in [-0.3, -0.25) is 24.3 Å². The largest absolute Gasteiger partial charge is 0.392 e. The summed E-state index contributed by atoms with van der Waals surface area (Å²) in [4.78, 5) is 49.9. The quantitative estimate of drug-likeness (QED) is 0.403. The number of aromatic nitrogens is 3. The second kappa shape index (κ2) is 6.85. The maximum absolute atomic E-state index is 13.4. The molecule has 30 heavy (non-hydrogen) atoms. The second-order valence-corrected chi connectivity index (χ2v) is 6.51. The fourth-order valence-electron chi connectivity index (χ4n) is 3.43. The van der Waals surface area contributed by atoms with E-state index in [-0.39, 0.29) is 16.7 Å². The number of nitro groups is 1. The number of fused-ring (bicyclic) bond motifs is 1. The van der Waals surface area contributed by atoms with Crippen LogP contribution in [0.5, 0.6) is 0 Å². The molecule has 0 aliphatic carbocycles. The van der Waals surface area contributed by atoms with Gasteiger partial charge < -0.3 is 5.73 Å². The number of para-hydroxylation sites is 2. The summed E-state index contributed by atoms with van der Waals surface area (Å²) in [5, 5.41) is 11.2. The predicted molar refractivity (Wildman–Crippen MR) is 111 cm³/mol. The molecule has 0 unspecified atom stereocenters. The second-order valence-electron chi connectivity index (χ2n) is 6.51. The van der Waals surface area contributed by atoms with Gasteiger partial charge in [-0.15, -0.1) is 0 Å². The number of rotatable bonds is 3. The molecule has 0 fully saturated rings. The first-order chi connectivity index (χ1) is 14.3. The molecule has 2 heterocycles. The molecule has 4 rings (SSSR count). The molecule has 0 saturated heterocycles. The first-order valence-corrected chi connectivity index (χ1v) is 8.80. The highest BCUT2D eigenvalue weighted by atomic mass is 16.6. The Kier molecular flexibility index (Phi) is 4.31. The lowest BCUT2D eigenvalue weighted by molar-refractivity contribution is -0.385. The van der Waals surface area contributed by atoms with Gasteiger partial charge in [-0.25, -0.2) is 13.9 Å². The van der Waals surface area contributed by atoms with Crippen LogP contribution < -0.4 is 22.5 Å². The standard InChI is InChI=1S/C20H15N5O5/c1-22-17-14(15(21)16(19(22)27)25(29)30)18(26)24(13-10-6-3-7-11-13)20(28)23(17)12-8-4-2-5-9-12/h2-11H,21H2,1H3. The third-order valence-corrected chi connectivity index (χ3v) is 4.80. The molecule has 2 aromatic heterocycles. The number of anilines is 1. The number of nitrogens with zero attached hydrogens (tertiary/aromatic N) is 4. The van der Waals surface area contributed by atoms with E-state index in [2.05, 4.69) is 0 Å². The molecule has 0 amide bonds. The Morgan fingerprint density at radius 1 is 0.833 bits per heavy atom. The number of hydrogen-bond acceptors (Lipinski definition) is 6. The van der Waals surface area contributed by atoms with Crippen molar-refractivity contribution in [1.82, 2.24) is 13.7 Å². The van der Waals surface area contributed by atoms with Crippen molar-refractivity contribution >= 4 is 22.4 Å². The van der Waals surface area contributed by atoms with E-state index in [0.29, 0.717) is 5.69 Å². The van der Waals surface area contributed by atoms with Crippen molar-refractivity contribution in [2.45, 2.75) is 0 Å². The van der Waals surface area contributed by atoms with Crippen molar-refractivity contribution in [2.75, 3.05) is 5.73 Å². The van der Waals surface area contributed by atoms with Crippen LogP contribution in [0.2, 0.25) is 0 Å². The predicted octanol–water partition coefficient (Wildman–Crippen LogP) is 1.33. The minimum atomic E-state index is -1.02. The number of hydrogen-bond donors (Lipinski definition) is 1. The number of nitrogen functional groups attached to an aromatic ring is 1. The minimum absolute atomic E-state index is 0.128. The van der Waals surface area contributed by atoms with Crippen LogP contribution in [0, 0.1) is 10.1 Å². The summed E-state index contributed by atoms with van der Waals surface area (Å²) in [5.74, 6) is 0. The third kappa shape index (κ3) is 2.62. The van der Waals surface area contributed by atoms with Gasteiger partial charge in [0.05, 0.1) is 16.3 Å². The first kappa shape index (κ1) is 18.9. The molecule has 0 atom stereocenters. The lowest BCUT2D eigenvalue weighted by Crippen LogP contribution is -2.41. The Bertz CT molecular complexity index is 1480. The van der Waals surface area contributed by atoms with Crippen LogP contribution in [0.15, 0.2) is 75.0 Å².